The fourth-order valence-electron chi connectivity index (χ4n) is 2.89. The molecule has 1 unspecified atom stereocenters. The lowest BCUT2D eigenvalue weighted by atomic mass is 10.1. The van der Waals surface area contributed by atoms with Crippen molar-refractivity contribution in [2.45, 2.75) is 19.5 Å². The lowest BCUT2D eigenvalue weighted by Crippen LogP contribution is -2.38. The highest BCUT2D eigenvalue weighted by atomic mass is 35.5. The highest BCUT2D eigenvalue weighted by molar-refractivity contribution is 7.14. The number of hydrogen-bond acceptors (Lipinski definition) is 5. The monoisotopic (exact) mass is 455 g/mol. The van der Waals surface area contributed by atoms with Gasteiger partial charge in [0.25, 0.3) is 5.91 Å². The van der Waals surface area contributed by atoms with Crippen LogP contribution < -0.4 is 10.2 Å². The molecular formula is C23H22ClN3O3S. The van der Waals surface area contributed by atoms with Gasteiger partial charge < -0.3 is 15.3 Å². The summed E-state index contributed by atoms with van der Waals surface area (Å²) < 4.78 is 0. The maximum atomic E-state index is 12.2. The molecule has 0 fully saturated rings. The number of halogens is 1. The molecule has 0 aliphatic heterocycles. The number of aromatic nitrogens is 1. The molecular weight excluding hydrogens is 434 g/mol. The SMILES string of the molecule is C=CCN(Cc1ccc(C(=O)NC(C)C(=O)O)cc1)c1nc(-c2ccccc2Cl)cs1. The molecule has 1 aromatic heterocycles. The number of carbonyl (C=O) groups is 2. The van der Waals surface area contributed by atoms with E-state index in [9.17, 15) is 9.59 Å². The maximum absolute atomic E-state index is 12.2. The maximum Gasteiger partial charge on any atom is 0.325 e. The average molecular weight is 456 g/mol. The van der Waals surface area contributed by atoms with Gasteiger partial charge in [-0.05, 0) is 30.7 Å². The molecule has 2 N–H and O–H groups in total. The Morgan fingerprint density at radius 1 is 1.26 bits per heavy atom. The lowest BCUT2D eigenvalue weighted by Gasteiger charge is -2.20. The Kier molecular flexibility index (Phi) is 7.44. The first-order chi connectivity index (χ1) is 14.9. The molecule has 0 aliphatic rings. The summed E-state index contributed by atoms with van der Waals surface area (Å²) >= 11 is 7.82. The van der Waals surface area contributed by atoms with Gasteiger partial charge in [-0.3, -0.25) is 9.59 Å². The molecule has 3 rings (SSSR count). The molecule has 8 heteroatoms. The van der Waals surface area contributed by atoms with Crippen LogP contribution in [0.2, 0.25) is 5.02 Å². The van der Waals surface area contributed by atoms with Crippen LogP contribution in [0.1, 0.15) is 22.8 Å². The highest BCUT2D eigenvalue weighted by Crippen LogP contribution is 2.32. The highest BCUT2D eigenvalue weighted by Gasteiger charge is 2.16. The Labute approximate surface area is 189 Å². The molecule has 31 heavy (non-hydrogen) atoms. The second-order valence-electron chi connectivity index (χ2n) is 6.89. The normalized spacial score (nSPS) is 11.5. The number of hydrogen-bond donors (Lipinski definition) is 2. The van der Waals surface area contributed by atoms with Crippen molar-refractivity contribution in [3.05, 3.63) is 82.7 Å². The topological polar surface area (TPSA) is 82.5 Å². The third-order valence-corrected chi connectivity index (χ3v) is 5.80. The number of carboxylic acids is 1. The van der Waals surface area contributed by atoms with E-state index >= 15 is 0 Å². The number of benzene rings is 2. The Hall–Kier alpha value is -3.16. The average Bonchev–Trinajstić information content (AvgIpc) is 3.24. The number of anilines is 1. The van der Waals surface area contributed by atoms with Gasteiger partial charge in [0.2, 0.25) is 0 Å². The van der Waals surface area contributed by atoms with Crippen LogP contribution in [0.15, 0.2) is 66.6 Å². The van der Waals surface area contributed by atoms with Gasteiger partial charge in [0.15, 0.2) is 5.13 Å². The first-order valence-corrected chi connectivity index (χ1v) is 10.8. The summed E-state index contributed by atoms with van der Waals surface area (Å²) in [4.78, 5) is 29.9. The van der Waals surface area contributed by atoms with E-state index < -0.39 is 17.9 Å². The first-order valence-electron chi connectivity index (χ1n) is 9.58. The molecule has 0 saturated heterocycles. The number of thiazole rings is 1. The van der Waals surface area contributed by atoms with Crippen molar-refractivity contribution in [2.75, 3.05) is 11.4 Å². The number of carboxylic acid groups (broad SMARTS) is 1. The molecule has 0 aliphatic carbocycles. The quantitative estimate of drug-likeness (QED) is 0.450. The van der Waals surface area contributed by atoms with Gasteiger partial charge in [-0.1, -0.05) is 48.0 Å². The number of nitrogens with one attached hydrogen (secondary N) is 1. The smallest absolute Gasteiger partial charge is 0.325 e. The number of amides is 1. The predicted octanol–water partition coefficient (Wildman–Crippen LogP) is 4.86. The largest absolute Gasteiger partial charge is 0.480 e. The van der Waals surface area contributed by atoms with Gasteiger partial charge in [-0.15, -0.1) is 17.9 Å². The van der Waals surface area contributed by atoms with Crippen molar-refractivity contribution >= 4 is 39.9 Å². The van der Waals surface area contributed by atoms with E-state index in [1.807, 2.05) is 47.9 Å². The molecule has 0 bridgehead atoms. The van der Waals surface area contributed by atoms with E-state index in [0.29, 0.717) is 23.7 Å². The van der Waals surface area contributed by atoms with Crippen molar-refractivity contribution < 1.29 is 14.7 Å². The summed E-state index contributed by atoms with van der Waals surface area (Å²) in [6.07, 6.45) is 1.81. The summed E-state index contributed by atoms with van der Waals surface area (Å²) in [6.45, 7) is 6.45. The second kappa shape index (κ2) is 10.2. The fourth-order valence-corrected chi connectivity index (χ4v) is 3.96. The molecule has 160 valence electrons. The van der Waals surface area contributed by atoms with Crippen LogP contribution >= 0.6 is 22.9 Å². The summed E-state index contributed by atoms with van der Waals surface area (Å²) in [6, 6.07) is 13.7. The molecule has 2 aromatic carbocycles. The Morgan fingerprint density at radius 3 is 2.61 bits per heavy atom. The number of nitrogens with zero attached hydrogens (tertiary/aromatic N) is 2. The van der Waals surface area contributed by atoms with E-state index in [-0.39, 0.29) is 0 Å². The van der Waals surface area contributed by atoms with E-state index in [0.717, 1.165) is 22.0 Å². The van der Waals surface area contributed by atoms with Gasteiger partial charge in [0.1, 0.15) is 6.04 Å². The molecule has 6 nitrogen and oxygen atoms in total. The van der Waals surface area contributed by atoms with Gasteiger partial charge >= 0.3 is 5.97 Å². The molecule has 1 atom stereocenters. The Balaban J connectivity index is 1.73. The van der Waals surface area contributed by atoms with Crippen LogP contribution in [0, 0.1) is 0 Å². The Morgan fingerprint density at radius 2 is 1.97 bits per heavy atom. The molecule has 1 heterocycles. The standard InChI is InChI=1S/C23H22ClN3O3S/c1-3-12-27(23-26-20(14-31-23)18-6-4-5-7-19(18)24)13-16-8-10-17(11-9-16)21(28)25-15(2)22(29)30/h3-11,14-15H,1,12-13H2,2H3,(H,25,28)(H,29,30). The minimum Gasteiger partial charge on any atom is -0.480 e. The van der Waals surface area contributed by atoms with Crippen molar-refractivity contribution in [3.63, 3.8) is 0 Å². The summed E-state index contributed by atoms with van der Waals surface area (Å²) in [5.41, 5.74) is 3.09. The Bertz CT molecular complexity index is 1080. The zero-order chi connectivity index (χ0) is 22.4. The number of rotatable bonds is 9. The molecule has 0 spiro atoms. The van der Waals surface area contributed by atoms with Crippen LogP contribution in [-0.2, 0) is 11.3 Å². The van der Waals surface area contributed by atoms with Crippen molar-refractivity contribution in [1.82, 2.24) is 10.3 Å². The van der Waals surface area contributed by atoms with E-state index in [1.165, 1.54) is 18.3 Å². The summed E-state index contributed by atoms with van der Waals surface area (Å²) in [5.74, 6) is -1.50. The summed E-state index contributed by atoms with van der Waals surface area (Å²) in [5, 5.41) is 14.8. The number of aliphatic carboxylic acids is 1. The van der Waals surface area contributed by atoms with Gasteiger partial charge in [0.05, 0.1) is 5.69 Å². The van der Waals surface area contributed by atoms with Crippen LogP contribution in [0.4, 0.5) is 5.13 Å². The van der Waals surface area contributed by atoms with Crippen molar-refractivity contribution in [1.29, 1.82) is 0 Å². The summed E-state index contributed by atoms with van der Waals surface area (Å²) in [7, 11) is 0. The lowest BCUT2D eigenvalue weighted by molar-refractivity contribution is -0.138. The third-order valence-electron chi connectivity index (χ3n) is 4.57. The van der Waals surface area contributed by atoms with Gasteiger partial charge in [0, 0.05) is 34.6 Å². The van der Waals surface area contributed by atoms with E-state index in [2.05, 4.69) is 16.8 Å². The van der Waals surface area contributed by atoms with E-state index in [4.69, 9.17) is 21.7 Å². The van der Waals surface area contributed by atoms with Crippen LogP contribution in [0.5, 0.6) is 0 Å². The molecule has 0 radical (unpaired) electrons. The molecule has 1 amide bonds. The minimum atomic E-state index is -1.08. The van der Waals surface area contributed by atoms with Crippen LogP contribution in [-0.4, -0.2) is 34.6 Å². The first kappa shape index (κ1) is 22.5. The second-order valence-corrected chi connectivity index (χ2v) is 8.14. The fraction of sp³-hybridized carbons (Fsp3) is 0.174. The van der Waals surface area contributed by atoms with Crippen molar-refractivity contribution in [3.8, 4) is 11.3 Å². The number of carbonyl (C=O) groups excluding carboxylic acids is 1. The van der Waals surface area contributed by atoms with Gasteiger partial charge in [-0.25, -0.2) is 4.98 Å². The molecule has 3 aromatic rings. The third kappa shape index (κ3) is 5.71. The van der Waals surface area contributed by atoms with Gasteiger partial charge in [-0.2, -0.15) is 0 Å². The zero-order valence-corrected chi connectivity index (χ0v) is 18.5. The predicted molar refractivity (Wildman–Crippen MR) is 125 cm³/mol. The van der Waals surface area contributed by atoms with E-state index in [1.54, 1.807) is 12.1 Å². The van der Waals surface area contributed by atoms with Crippen molar-refractivity contribution in [2.24, 2.45) is 0 Å². The van der Waals surface area contributed by atoms with Crippen LogP contribution in [0.3, 0.4) is 0 Å². The molecule has 0 saturated carbocycles. The minimum absolute atomic E-state index is 0.405. The van der Waals surface area contributed by atoms with Crippen LogP contribution in [0.25, 0.3) is 11.3 Å². The zero-order valence-electron chi connectivity index (χ0n) is 16.9.